The third kappa shape index (κ3) is 4.61. The lowest BCUT2D eigenvalue weighted by atomic mass is 10.1. The van der Waals surface area contributed by atoms with E-state index in [0.717, 1.165) is 22.4 Å². The Morgan fingerprint density at radius 3 is 2.44 bits per heavy atom. The number of nitrogens with zero attached hydrogens (tertiary/aromatic N) is 4. The van der Waals surface area contributed by atoms with E-state index in [1.807, 2.05) is 30.3 Å². The van der Waals surface area contributed by atoms with E-state index < -0.39 is 34.8 Å². The Balaban J connectivity index is 1.74. The van der Waals surface area contributed by atoms with Gasteiger partial charge >= 0.3 is 6.18 Å². The molecule has 1 unspecified atom stereocenters. The number of hydrogen-bond donors (Lipinski definition) is 1. The number of carbonyl (C=O) groups is 1. The summed E-state index contributed by atoms with van der Waals surface area (Å²) in [5, 5.41) is 6.90. The molecule has 10 heteroatoms. The molecule has 2 heterocycles. The Morgan fingerprint density at radius 1 is 1.06 bits per heavy atom. The highest BCUT2D eigenvalue weighted by molar-refractivity contribution is 5.92. The number of halogens is 3. The summed E-state index contributed by atoms with van der Waals surface area (Å²) in [5.41, 5.74) is -0.872. The smallest absolute Gasteiger partial charge is 0.336 e. The van der Waals surface area contributed by atoms with E-state index in [2.05, 4.69) is 15.4 Å². The maximum absolute atomic E-state index is 13.2. The maximum Gasteiger partial charge on any atom is 0.416 e. The average molecular weight is 467 g/mol. The van der Waals surface area contributed by atoms with Crippen molar-refractivity contribution < 1.29 is 18.0 Å². The molecule has 0 aliphatic carbocycles. The van der Waals surface area contributed by atoms with Crippen LogP contribution in [0.15, 0.2) is 77.9 Å². The van der Waals surface area contributed by atoms with Gasteiger partial charge in [0, 0.05) is 31.2 Å². The molecular formula is C24H20F3N5O2. The zero-order chi connectivity index (χ0) is 24.5. The molecule has 2 aromatic heterocycles. The minimum atomic E-state index is -4.55. The molecule has 174 valence electrons. The number of carbonyl (C=O) groups excluding carboxylic acids is 1. The molecule has 0 saturated heterocycles. The topological polar surface area (TPSA) is 81.8 Å². The fraction of sp³-hybridized carbons (Fsp3) is 0.167. The third-order valence-corrected chi connectivity index (χ3v) is 5.27. The van der Waals surface area contributed by atoms with E-state index >= 15 is 0 Å². The van der Waals surface area contributed by atoms with Gasteiger partial charge in [-0.05, 0) is 30.7 Å². The maximum atomic E-state index is 13.2. The first-order valence-corrected chi connectivity index (χ1v) is 10.3. The summed E-state index contributed by atoms with van der Waals surface area (Å²) in [6, 6.07) is 14.1. The number of alkyl halides is 3. The summed E-state index contributed by atoms with van der Waals surface area (Å²) in [5.74, 6) is -0.243. The molecule has 0 saturated carbocycles. The molecule has 0 spiro atoms. The van der Waals surface area contributed by atoms with Crippen molar-refractivity contribution >= 4 is 5.91 Å². The van der Waals surface area contributed by atoms with Crippen molar-refractivity contribution in [2.24, 2.45) is 7.05 Å². The molecule has 0 bridgehead atoms. The van der Waals surface area contributed by atoms with E-state index in [1.54, 1.807) is 24.0 Å². The second-order valence-corrected chi connectivity index (χ2v) is 7.67. The number of amides is 1. The van der Waals surface area contributed by atoms with Crippen LogP contribution in [-0.4, -0.2) is 25.2 Å². The molecule has 1 N–H and O–H groups in total. The predicted molar refractivity (Wildman–Crippen MR) is 119 cm³/mol. The Labute approximate surface area is 192 Å². The van der Waals surface area contributed by atoms with Gasteiger partial charge in [0.2, 0.25) is 5.43 Å². The van der Waals surface area contributed by atoms with Crippen molar-refractivity contribution in [1.29, 1.82) is 0 Å². The Morgan fingerprint density at radius 2 is 1.79 bits per heavy atom. The molecule has 0 radical (unpaired) electrons. The van der Waals surface area contributed by atoms with Crippen LogP contribution in [0.25, 0.3) is 5.69 Å². The van der Waals surface area contributed by atoms with Gasteiger partial charge in [-0.2, -0.15) is 18.3 Å². The summed E-state index contributed by atoms with van der Waals surface area (Å²) >= 11 is 0. The number of hydrogen-bond acceptors (Lipinski definition) is 4. The van der Waals surface area contributed by atoms with Crippen LogP contribution >= 0.6 is 0 Å². The minimum Gasteiger partial charge on any atom is -0.336 e. The first-order chi connectivity index (χ1) is 16.1. The molecular weight excluding hydrogens is 447 g/mol. The second kappa shape index (κ2) is 8.97. The van der Waals surface area contributed by atoms with E-state index in [0.29, 0.717) is 5.82 Å². The quantitative estimate of drug-likeness (QED) is 0.484. The van der Waals surface area contributed by atoms with Crippen LogP contribution < -0.4 is 10.7 Å². The van der Waals surface area contributed by atoms with Crippen LogP contribution in [0.3, 0.4) is 0 Å². The Bertz CT molecular complexity index is 1390. The molecule has 0 aliphatic heterocycles. The summed E-state index contributed by atoms with van der Waals surface area (Å²) in [6.07, 6.45) is -1.24. The van der Waals surface area contributed by atoms with Crippen LogP contribution in [0.1, 0.15) is 39.2 Å². The van der Waals surface area contributed by atoms with Crippen LogP contribution in [-0.2, 0) is 13.2 Å². The largest absolute Gasteiger partial charge is 0.416 e. The van der Waals surface area contributed by atoms with Crippen LogP contribution in [0.5, 0.6) is 0 Å². The number of aromatic nitrogens is 4. The molecule has 4 rings (SSSR count). The normalized spacial score (nSPS) is 12.4. The summed E-state index contributed by atoms with van der Waals surface area (Å²) in [4.78, 5) is 30.1. The second-order valence-electron chi connectivity index (χ2n) is 7.67. The lowest BCUT2D eigenvalue weighted by Crippen LogP contribution is -2.36. The molecule has 34 heavy (non-hydrogen) atoms. The third-order valence-electron chi connectivity index (χ3n) is 5.27. The number of aryl methyl sites for hydroxylation is 2. The van der Waals surface area contributed by atoms with Gasteiger partial charge in [0.25, 0.3) is 5.91 Å². The average Bonchev–Trinajstić information content (AvgIpc) is 3.23. The van der Waals surface area contributed by atoms with Crippen molar-refractivity contribution in [1.82, 2.24) is 24.6 Å². The van der Waals surface area contributed by atoms with Gasteiger partial charge in [-0.25, -0.2) is 9.67 Å². The van der Waals surface area contributed by atoms with Gasteiger partial charge in [0.15, 0.2) is 5.69 Å². The highest BCUT2D eigenvalue weighted by atomic mass is 19.4. The number of rotatable bonds is 5. The van der Waals surface area contributed by atoms with Gasteiger partial charge in [0.1, 0.15) is 11.9 Å². The zero-order valence-corrected chi connectivity index (χ0v) is 18.2. The Kier molecular flexibility index (Phi) is 6.06. The highest BCUT2D eigenvalue weighted by Crippen LogP contribution is 2.30. The minimum absolute atomic E-state index is 0.0742. The SMILES string of the molecule is Cc1cc(=O)c(C(=O)NC(c2ccccc2)c2nccn2C)nn1-c1cccc(C(F)(F)F)c1. The van der Waals surface area contributed by atoms with Crippen LogP contribution in [0, 0.1) is 6.92 Å². The van der Waals surface area contributed by atoms with E-state index in [4.69, 9.17) is 0 Å². The first-order valence-electron chi connectivity index (χ1n) is 10.3. The summed E-state index contributed by atoms with van der Waals surface area (Å²) in [6.45, 7) is 1.52. The van der Waals surface area contributed by atoms with Crippen molar-refractivity contribution in [3.63, 3.8) is 0 Å². The number of imidazole rings is 1. The predicted octanol–water partition coefficient (Wildman–Crippen LogP) is 3.81. The molecule has 1 amide bonds. The van der Waals surface area contributed by atoms with E-state index in [-0.39, 0.29) is 11.4 Å². The van der Waals surface area contributed by atoms with Crippen molar-refractivity contribution in [2.75, 3.05) is 0 Å². The van der Waals surface area contributed by atoms with Crippen molar-refractivity contribution in [2.45, 2.75) is 19.1 Å². The van der Waals surface area contributed by atoms with Gasteiger partial charge in [-0.1, -0.05) is 36.4 Å². The number of benzene rings is 2. The van der Waals surface area contributed by atoms with Crippen LogP contribution in [0.2, 0.25) is 0 Å². The van der Waals surface area contributed by atoms with E-state index in [1.165, 1.54) is 25.1 Å². The fourth-order valence-corrected chi connectivity index (χ4v) is 3.58. The standard InChI is InChI=1S/C24H20F3N5O2/c1-15-13-19(33)21(30-32(15)18-10-6-9-17(14-18)24(25,26)27)23(34)29-20(16-7-4-3-5-8-16)22-28-11-12-31(22)2/h3-14,20H,1-2H3,(H,29,34). The molecule has 2 aromatic carbocycles. The monoisotopic (exact) mass is 467 g/mol. The number of nitrogens with one attached hydrogen (secondary N) is 1. The molecule has 0 aliphatic rings. The summed E-state index contributed by atoms with van der Waals surface area (Å²) in [7, 11) is 1.77. The van der Waals surface area contributed by atoms with Crippen molar-refractivity contribution in [3.8, 4) is 5.69 Å². The lowest BCUT2D eigenvalue weighted by Gasteiger charge is -2.19. The Hall–Kier alpha value is -4.21. The highest BCUT2D eigenvalue weighted by Gasteiger charge is 2.31. The fourth-order valence-electron chi connectivity index (χ4n) is 3.58. The molecule has 0 fully saturated rings. The van der Waals surface area contributed by atoms with Crippen molar-refractivity contribution in [3.05, 3.63) is 112 Å². The van der Waals surface area contributed by atoms with Gasteiger partial charge in [-0.15, -0.1) is 0 Å². The molecule has 7 nitrogen and oxygen atoms in total. The summed E-state index contributed by atoms with van der Waals surface area (Å²) < 4.78 is 42.4. The molecule has 1 atom stereocenters. The van der Waals surface area contributed by atoms with E-state index in [9.17, 15) is 22.8 Å². The molecule has 4 aromatic rings. The van der Waals surface area contributed by atoms with Gasteiger partial charge in [0.05, 0.1) is 11.3 Å². The van der Waals surface area contributed by atoms with Crippen LogP contribution in [0.4, 0.5) is 13.2 Å². The lowest BCUT2D eigenvalue weighted by molar-refractivity contribution is -0.137. The zero-order valence-electron chi connectivity index (χ0n) is 18.2. The first kappa shape index (κ1) is 23.0. The van der Waals surface area contributed by atoms with Gasteiger partial charge in [-0.3, -0.25) is 9.59 Å². The van der Waals surface area contributed by atoms with Gasteiger partial charge < -0.3 is 9.88 Å².